The third-order valence-electron chi connectivity index (χ3n) is 5.90. The Bertz CT molecular complexity index is 491. The minimum absolute atomic E-state index is 0.866. The Morgan fingerprint density at radius 1 is 1.04 bits per heavy atom. The van der Waals surface area contributed by atoms with E-state index in [1.165, 1.54) is 89.4 Å². The number of rotatable bonds is 8. The third kappa shape index (κ3) is 5.24. The zero-order valence-electron chi connectivity index (χ0n) is 15.6. The van der Waals surface area contributed by atoms with Gasteiger partial charge in [0.1, 0.15) is 5.75 Å². The molecule has 3 rings (SSSR count). The van der Waals surface area contributed by atoms with Crippen molar-refractivity contribution in [1.29, 1.82) is 0 Å². The number of aryl methyl sites for hydroxylation is 2. The highest BCUT2D eigenvalue weighted by molar-refractivity contribution is 5.37. The van der Waals surface area contributed by atoms with E-state index in [1.54, 1.807) is 5.56 Å². The van der Waals surface area contributed by atoms with E-state index in [0.717, 1.165) is 18.3 Å². The predicted molar refractivity (Wildman–Crippen MR) is 102 cm³/mol. The van der Waals surface area contributed by atoms with E-state index in [1.807, 2.05) is 0 Å². The van der Waals surface area contributed by atoms with Gasteiger partial charge in [-0.05, 0) is 100 Å². The van der Waals surface area contributed by atoms with Gasteiger partial charge in [0.15, 0.2) is 0 Å². The number of unbranched alkanes of at least 4 members (excludes halogenated alkanes) is 2. The van der Waals surface area contributed by atoms with Crippen LogP contribution < -0.4 is 4.74 Å². The third-order valence-corrected chi connectivity index (χ3v) is 5.90. The van der Waals surface area contributed by atoms with E-state index in [2.05, 4.69) is 30.0 Å². The number of piperidine rings is 1. The van der Waals surface area contributed by atoms with Crippen LogP contribution in [-0.2, 0) is 12.8 Å². The molecule has 0 aromatic heterocycles. The molecule has 0 N–H and O–H groups in total. The fourth-order valence-corrected chi connectivity index (χ4v) is 4.23. The summed E-state index contributed by atoms with van der Waals surface area (Å²) in [6.07, 6.45) is 13.2. The molecule has 0 unspecified atom stereocenters. The minimum atomic E-state index is 0.866. The van der Waals surface area contributed by atoms with Crippen LogP contribution in [-0.4, -0.2) is 31.1 Å². The number of hydrogen-bond donors (Lipinski definition) is 0. The number of nitrogens with zero attached hydrogens (tertiary/aromatic N) is 1. The van der Waals surface area contributed by atoms with Crippen molar-refractivity contribution in [1.82, 2.24) is 4.90 Å². The molecule has 2 aliphatic rings. The zero-order chi connectivity index (χ0) is 16.6. The lowest BCUT2D eigenvalue weighted by atomic mass is 9.92. The van der Waals surface area contributed by atoms with Crippen molar-refractivity contribution >= 4 is 0 Å². The molecule has 1 fully saturated rings. The second kappa shape index (κ2) is 9.46. The van der Waals surface area contributed by atoms with E-state index in [-0.39, 0.29) is 0 Å². The summed E-state index contributed by atoms with van der Waals surface area (Å²) >= 11 is 0. The highest BCUT2D eigenvalue weighted by Crippen LogP contribution is 2.26. The van der Waals surface area contributed by atoms with Gasteiger partial charge in [0.25, 0.3) is 0 Å². The van der Waals surface area contributed by atoms with E-state index in [0.29, 0.717) is 0 Å². The zero-order valence-corrected chi connectivity index (χ0v) is 15.6. The van der Waals surface area contributed by atoms with Gasteiger partial charge in [0.2, 0.25) is 0 Å². The van der Waals surface area contributed by atoms with E-state index in [9.17, 15) is 0 Å². The highest BCUT2D eigenvalue weighted by atomic mass is 16.5. The van der Waals surface area contributed by atoms with E-state index in [4.69, 9.17) is 4.74 Å². The molecule has 1 aliphatic heterocycles. The molecular weight excluding hydrogens is 294 g/mol. The Labute approximate surface area is 148 Å². The van der Waals surface area contributed by atoms with Gasteiger partial charge in [-0.25, -0.2) is 0 Å². The fourth-order valence-electron chi connectivity index (χ4n) is 4.23. The van der Waals surface area contributed by atoms with Crippen molar-refractivity contribution in [2.24, 2.45) is 5.92 Å². The van der Waals surface area contributed by atoms with Crippen LogP contribution in [0.2, 0.25) is 0 Å². The van der Waals surface area contributed by atoms with E-state index >= 15 is 0 Å². The monoisotopic (exact) mass is 329 g/mol. The van der Waals surface area contributed by atoms with E-state index < -0.39 is 0 Å². The summed E-state index contributed by atoms with van der Waals surface area (Å²) in [4.78, 5) is 2.66. The Balaban J connectivity index is 1.34. The molecule has 0 spiro atoms. The summed E-state index contributed by atoms with van der Waals surface area (Å²) in [6, 6.07) is 6.77. The summed E-state index contributed by atoms with van der Waals surface area (Å²) in [5, 5.41) is 0. The summed E-state index contributed by atoms with van der Waals surface area (Å²) in [6.45, 7) is 7.08. The summed E-state index contributed by atoms with van der Waals surface area (Å²) < 4.78 is 6.07. The molecule has 0 amide bonds. The molecular formula is C22H35NO. The first-order chi connectivity index (χ1) is 11.8. The van der Waals surface area contributed by atoms with Crippen LogP contribution in [0, 0.1) is 5.92 Å². The molecule has 0 saturated carbocycles. The van der Waals surface area contributed by atoms with Crippen molar-refractivity contribution in [3.05, 3.63) is 29.3 Å². The quantitative estimate of drug-likeness (QED) is 0.605. The molecule has 1 heterocycles. The largest absolute Gasteiger partial charge is 0.494 e. The van der Waals surface area contributed by atoms with Gasteiger partial charge in [0, 0.05) is 0 Å². The first kappa shape index (κ1) is 17.8. The maximum absolute atomic E-state index is 6.07. The number of likely N-dealkylation sites (tertiary alicyclic amines) is 1. The topological polar surface area (TPSA) is 12.5 Å². The van der Waals surface area contributed by atoms with Crippen LogP contribution >= 0.6 is 0 Å². The van der Waals surface area contributed by atoms with Crippen LogP contribution in [0.1, 0.15) is 69.4 Å². The van der Waals surface area contributed by atoms with Crippen molar-refractivity contribution in [3.63, 3.8) is 0 Å². The molecule has 0 atom stereocenters. The second-order valence-electron chi connectivity index (χ2n) is 7.77. The SMILES string of the molecule is CCCCCN1CCC(CCOc2ccc3c(c2)CCCC3)CC1. The predicted octanol–water partition coefficient (Wildman–Crippen LogP) is 5.24. The number of hydrogen-bond acceptors (Lipinski definition) is 2. The van der Waals surface area contributed by atoms with Crippen molar-refractivity contribution in [2.45, 2.75) is 71.1 Å². The lowest BCUT2D eigenvalue weighted by Gasteiger charge is -2.31. The second-order valence-corrected chi connectivity index (χ2v) is 7.77. The van der Waals surface area contributed by atoms with Crippen LogP contribution in [0.5, 0.6) is 5.75 Å². The van der Waals surface area contributed by atoms with Crippen LogP contribution in [0.3, 0.4) is 0 Å². The Kier molecular flexibility index (Phi) is 7.01. The van der Waals surface area contributed by atoms with Gasteiger partial charge >= 0.3 is 0 Å². The van der Waals surface area contributed by atoms with Gasteiger partial charge in [-0.15, -0.1) is 0 Å². The van der Waals surface area contributed by atoms with Gasteiger partial charge in [-0.3, -0.25) is 0 Å². The molecule has 134 valence electrons. The normalized spacial score (nSPS) is 19.2. The molecule has 2 heteroatoms. The standard InChI is InChI=1S/C22H35NO/c1-2-3-6-14-23-15-11-19(12-16-23)13-17-24-22-10-9-20-7-4-5-8-21(20)18-22/h9-10,18-19H,2-8,11-17H2,1H3. The average molecular weight is 330 g/mol. The van der Waals surface area contributed by atoms with Crippen molar-refractivity contribution in [3.8, 4) is 5.75 Å². The molecule has 0 bridgehead atoms. The lowest BCUT2D eigenvalue weighted by Crippen LogP contribution is -2.34. The first-order valence-electron chi connectivity index (χ1n) is 10.3. The Morgan fingerprint density at radius 3 is 2.62 bits per heavy atom. The van der Waals surface area contributed by atoms with Crippen molar-refractivity contribution in [2.75, 3.05) is 26.2 Å². The number of fused-ring (bicyclic) bond motifs is 1. The lowest BCUT2D eigenvalue weighted by molar-refractivity contribution is 0.161. The van der Waals surface area contributed by atoms with Gasteiger partial charge in [0.05, 0.1) is 6.61 Å². The number of ether oxygens (including phenoxy) is 1. The highest BCUT2D eigenvalue weighted by Gasteiger charge is 2.18. The molecule has 24 heavy (non-hydrogen) atoms. The van der Waals surface area contributed by atoms with Crippen molar-refractivity contribution < 1.29 is 4.74 Å². The average Bonchev–Trinajstić information content (AvgIpc) is 2.63. The molecule has 1 aromatic rings. The van der Waals surface area contributed by atoms with Gasteiger partial charge < -0.3 is 9.64 Å². The summed E-state index contributed by atoms with van der Waals surface area (Å²) in [5.74, 6) is 1.96. The van der Waals surface area contributed by atoms with Gasteiger partial charge in [-0.2, -0.15) is 0 Å². The fraction of sp³-hybridized carbons (Fsp3) is 0.727. The Hall–Kier alpha value is -1.02. The maximum Gasteiger partial charge on any atom is 0.119 e. The minimum Gasteiger partial charge on any atom is -0.494 e. The summed E-state index contributed by atoms with van der Waals surface area (Å²) in [5.41, 5.74) is 3.07. The molecule has 1 aliphatic carbocycles. The van der Waals surface area contributed by atoms with Crippen LogP contribution in [0.25, 0.3) is 0 Å². The van der Waals surface area contributed by atoms with Crippen LogP contribution in [0.4, 0.5) is 0 Å². The molecule has 0 radical (unpaired) electrons. The Morgan fingerprint density at radius 2 is 1.83 bits per heavy atom. The first-order valence-corrected chi connectivity index (χ1v) is 10.3. The number of benzene rings is 1. The molecule has 2 nitrogen and oxygen atoms in total. The molecule has 1 saturated heterocycles. The van der Waals surface area contributed by atoms with Gasteiger partial charge in [-0.1, -0.05) is 25.8 Å². The summed E-state index contributed by atoms with van der Waals surface area (Å²) in [7, 11) is 0. The molecule has 1 aromatic carbocycles. The smallest absolute Gasteiger partial charge is 0.119 e. The van der Waals surface area contributed by atoms with Crippen LogP contribution in [0.15, 0.2) is 18.2 Å². The maximum atomic E-state index is 6.07.